The van der Waals surface area contributed by atoms with E-state index in [2.05, 4.69) is 34.9 Å². The Morgan fingerprint density at radius 3 is 2.64 bits per heavy atom. The van der Waals surface area contributed by atoms with Gasteiger partial charge in [0.2, 0.25) is 15.9 Å². The molecule has 36 heavy (non-hydrogen) atoms. The summed E-state index contributed by atoms with van der Waals surface area (Å²) in [5, 5.41) is 3.16. The number of anilines is 1. The standard InChI is InChI=1S/C15H19N5O2S.C8H10N2O2S.2H2/c1-2-22-13-10-16-8-11(19-13)12-9-18-15(23-12)14(21)17-4-7-20-5-3-6-20;11-13(12,8-1-2-8)10-7-3-5-9-6-4-7;;/h8-10H,2-7H2,1H3,(H,17,21);3-6,8H,1-2H2,(H,9,10);2*1H. The van der Waals surface area contributed by atoms with Gasteiger partial charge in [-0.2, -0.15) is 0 Å². The van der Waals surface area contributed by atoms with Gasteiger partial charge in [-0.25, -0.2) is 18.4 Å². The van der Waals surface area contributed by atoms with Crippen molar-refractivity contribution in [3.05, 3.63) is 48.1 Å². The van der Waals surface area contributed by atoms with Gasteiger partial charge in [-0.15, -0.1) is 11.3 Å². The van der Waals surface area contributed by atoms with Gasteiger partial charge in [0.15, 0.2) is 5.01 Å². The Kier molecular flexibility index (Phi) is 8.78. The highest BCUT2D eigenvalue weighted by Crippen LogP contribution is 2.29. The van der Waals surface area contributed by atoms with E-state index < -0.39 is 10.0 Å². The number of hydrogen-bond acceptors (Lipinski definition) is 10. The van der Waals surface area contributed by atoms with Crippen molar-refractivity contribution >= 4 is 33.0 Å². The highest BCUT2D eigenvalue weighted by atomic mass is 32.2. The number of likely N-dealkylation sites (tertiary alicyclic amines) is 1. The van der Waals surface area contributed by atoms with Crippen LogP contribution in [-0.2, 0) is 10.0 Å². The van der Waals surface area contributed by atoms with E-state index in [-0.39, 0.29) is 14.0 Å². The molecule has 4 heterocycles. The summed E-state index contributed by atoms with van der Waals surface area (Å²) in [5.74, 6) is 0.328. The van der Waals surface area contributed by atoms with Crippen molar-refractivity contribution < 1.29 is 20.8 Å². The second-order valence-electron chi connectivity index (χ2n) is 8.24. The fourth-order valence-electron chi connectivity index (χ4n) is 3.24. The van der Waals surface area contributed by atoms with Crippen molar-refractivity contribution in [2.75, 3.05) is 37.5 Å². The molecule has 0 aromatic carbocycles. The zero-order valence-electron chi connectivity index (χ0n) is 20.0. The second kappa shape index (κ2) is 12.2. The highest BCUT2D eigenvalue weighted by molar-refractivity contribution is 7.93. The van der Waals surface area contributed by atoms with Crippen molar-refractivity contribution in [1.29, 1.82) is 0 Å². The smallest absolute Gasteiger partial charge is 0.280 e. The fraction of sp³-hybridized carbons (Fsp3) is 0.435. The molecule has 11 nitrogen and oxygen atoms in total. The van der Waals surface area contributed by atoms with Gasteiger partial charge in [-0.3, -0.25) is 19.5 Å². The van der Waals surface area contributed by atoms with Gasteiger partial charge in [0.1, 0.15) is 5.69 Å². The van der Waals surface area contributed by atoms with Gasteiger partial charge in [0, 0.05) is 34.5 Å². The number of pyridine rings is 1. The van der Waals surface area contributed by atoms with Gasteiger partial charge in [0.05, 0.1) is 34.8 Å². The van der Waals surface area contributed by atoms with Crippen LogP contribution in [0.5, 0.6) is 5.88 Å². The number of carbonyl (C=O) groups excluding carboxylic acids is 1. The molecule has 2 fully saturated rings. The molecule has 1 saturated carbocycles. The lowest BCUT2D eigenvalue weighted by Gasteiger charge is -2.30. The monoisotopic (exact) mass is 535 g/mol. The molecule has 0 radical (unpaired) electrons. The molecule has 0 bridgehead atoms. The van der Waals surface area contributed by atoms with E-state index in [4.69, 9.17) is 4.74 Å². The van der Waals surface area contributed by atoms with Gasteiger partial charge < -0.3 is 15.0 Å². The Morgan fingerprint density at radius 1 is 1.19 bits per heavy atom. The first-order chi connectivity index (χ1) is 17.4. The third kappa shape index (κ3) is 7.42. The Bertz CT molecular complexity index is 1260. The third-order valence-electron chi connectivity index (χ3n) is 5.42. The molecule has 3 aromatic heterocycles. The van der Waals surface area contributed by atoms with E-state index in [9.17, 15) is 13.2 Å². The van der Waals surface area contributed by atoms with E-state index in [0.717, 1.165) is 37.4 Å². The molecule has 0 atom stereocenters. The molecule has 0 unspecified atom stereocenters. The van der Waals surface area contributed by atoms with Crippen LogP contribution in [-0.4, -0.2) is 77.2 Å². The number of nitrogens with zero attached hydrogens (tertiary/aromatic N) is 5. The summed E-state index contributed by atoms with van der Waals surface area (Å²) in [4.78, 5) is 31.7. The van der Waals surface area contributed by atoms with Crippen LogP contribution in [0.15, 0.2) is 43.1 Å². The number of hydrogen-bond donors (Lipinski definition) is 2. The van der Waals surface area contributed by atoms with Gasteiger partial charge in [0.25, 0.3) is 5.91 Å². The summed E-state index contributed by atoms with van der Waals surface area (Å²) in [6, 6.07) is 3.28. The third-order valence-corrected chi connectivity index (χ3v) is 8.31. The van der Waals surface area contributed by atoms with Crippen LogP contribution in [0.4, 0.5) is 5.69 Å². The first kappa shape index (κ1) is 25.9. The molecular weight excluding hydrogens is 502 g/mol. The summed E-state index contributed by atoms with van der Waals surface area (Å²) in [6.45, 7) is 6.23. The molecule has 13 heteroatoms. The van der Waals surface area contributed by atoms with E-state index in [1.165, 1.54) is 17.8 Å². The predicted molar refractivity (Wildman–Crippen MR) is 142 cm³/mol. The largest absolute Gasteiger partial charge is 0.477 e. The van der Waals surface area contributed by atoms with Crippen molar-refractivity contribution in [1.82, 2.24) is 30.2 Å². The SMILES string of the molecule is CCOc1cncc(-c2cnc(C(=O)NCCN3CCC3)s2)n1.O=S(=O)(Nc1ccncc1)C1CC1.[HH].[HH]. The summed E-state index contributed by atoms with van der Waals surface area (Å²) in [6.07, 6.45) is 10.8. The lowest BCUT2D eigenvalue weighted by atomic mass is 10.2. The molecule has 1 amide bonds. The zero-order valence-corrected chi connectivity index (χ0v) is 21.6. The van der Waals surface area contributed by atoms with Crippen molar-refractivity contribution in [3.63, 3.8) is 0 Å². The van der Waals surface area contributed by atoms with Crippen LogP contribution in [0.25, 0.3) is 10.6 Å². The normalized spacial score (nSPS) is 15.2. The van der Waals surface area contributed by atoms with Crippen LogP contribution < -0.4 is 14.8 Å². The van der Waals surface area contributed by atoms with E-state index in [1.54, 1.807) is 43.1 Å². The minimum atomic E-state index is -3.12. The number of ether oxygens (including phenoxy) is 1. The molecule has 0 spiro atoms. The van der Waals surface area contributed by atoms with Gasteiger partial charge >= 0.3 is 0 Å². The Hall–Kier alpha value is -3.16. The molecule has 3 aromatic rings. The Labute approximate surface area is 217 Å². The second-order valence-corrected chi connectivity index (χ2v) is 11.2. The molecule has 5 rings (SSSR count). The summed E-state index contributed by atoms with van der Waals surface area (Å²) < 4.78 is 30.7. The lowest BCUT2D eigenvalue weighted by Crippen LogP contribution is -2.42. The average molecular weight is 536 g/mol. The zero-order chi connectivity index (χ0) is 25.4. The van der Waals surface area contributed by atoms with Crippen molar-refractivity contribution in [2.24, 2.45) is 0 Å². The molecule has 1 saturated heterocycles. The minimum Gasteiger partial charge on any atom is -0.477 e. The maximum atomic E-state index is 12.1. The van der Waals surface area contributed by atoms with Crippen molar-refractivity contribution in [3.8, 4) is 16.5 Å². The Balaban J connectivity index is 0.000000289. The van der Waals surface area contributed by atoms with Crippen LogP contribution in [0.2, 0.25) is 0 Å². The number of carbonyl (C=O) groups is 1. The Morgan fingerprint density at radius 2 is 1.97 bits per heavy atom. The first-order valence-electron chi connectivity index (χ1n) is 11.8. The number of aromatic nitrogens is 4. The highest BCUT2D eigenvalue weighted by Gasteiger charge is 2.35. The first-order valence-corrected chi connectivity index (χ1v) is 14.1. The predicted octanol–water partition coefficient (Wildman–Crippen LogP) is 2.91. The van der Waals surface area contributed by atoms with E-state index >= 15 is 0 Å². The quantitative estimate of drug-likeness (QED) is 0.401. The molecule has 1 aliphatic carbocycles. The molecule has 1 aliphatic heterocycles. The minimum absolute atomic E-state index is 0. The number of nitrogens with one attached hydrogen (secondary N) is 2. The maximum Gasteiger partial charge on any atom is 0.280 e. The number of thiazole rings is 1. The van der Waals surface area contributed by atoms with Crippen LogP contribution >= 0.6 is 11.3 Å². The van der Waals surface area contributed by atoms with E-state index in [1.807, 2.05) is 6.92 Å². The van der Waals surface area contributed by atoms with Crippen LogP contribution in [0.3, 0.4) is 0 Å². The topological polar surface area (TPSA) is 139 Å². The summed E-state index contributed by atoms with van der Waals surface area (Å²) in [7, 11) is -3.12. The molecule has 2 N–H and O–H groups in total. The number of amides is 1. The van der Waals surface area contributed by atoms with E-state index in [0.29, 0.717) is 35.4 Å². The number of rotatable bonds is 10. The fourth-order valence-corrected chi connectivity index (χ4v) is 5.41. The van der Waals surface area contributed by atoms with Crippen LogP contribution in [0, 0.1) is 0 Å². The molecule has 196 valence electrons. The molecule has 2 aliphatic rings. The van der Waals surface area contributed by atoms with Crippen molar-refractivity contribution in [2.45, 2.75) is 31.4 Å². The van der Waals surface area contributed by atoms with Gasteiger partial charge in [-0.1, -0.05) is 0 Å². The summed E-state index contributed by atoms with van der Waals surface area (Å²) in [5.41, 5.74) is 1.25. The average Bonchev–Trinajstić information content (AvgIpc) is 3.60. The number of sulfonamides is 1. The molecular formula is C23H33N7O4S2. The van der Waals surface area contributed by atoms with Crippen LogP contribution in [0.1, 0.15) is 38.8 Å². The van der Waals surface area contributed by atoms with Gasteiger partial charge in [-0.05, 0) is 51.4 Å². The maximum absolute atomic E-state index is 12.1. The summed E-state index contributed by atoms with van der Waals surface area (Å²) >= 11 is 1.30. The lowest BCUT2D eigenvalue weighted by molar-refractivity contribution is 0.0941.